The Hall–Kier alpha value is -1.26. The second kappa shape index (κ2) is 4.58. The van der Waals surface area contributed by atoms with Crippen molar-refractivity contribution < 1.29 is 4.79 Å². The van der Waals surface area contributed by atoms with Crippen molar-refractivity contribution in [1.82, 2.24) is 0 Å². The van der Waals surface area contributed by atoms with Gasteiger partial charge in [0.25, 0.3) is 0 Å². The molecule has 0 unspecified atom stereocenters. The minimum Gasteiger partial charge on any atom is -0.302 e. The first-order valence-corrected chi connectivity index (χ1v) is 3.89. The molecular formula is C10H7ClO. The maximum atomic E-state index is 9.93. The second-order valence-corrected chi connectivity index (χ2v) is 2.62. The van der Waals surface area contributed by atoms with Crippen LogP contribution in [0.5, 0.6) is 0 Å². The molecular weight excluding hydrogens is 172 g/mol. The summed E-state index contributed by atoms with van der Waals surface area (Å²) in [7, 11) is 0. The van der Waals surface area contributed by atoms with Gasteiger partial charge in [-0.15, -0.1) is 0 Å². The summed E-state index contributed by atoms with van der Waals surface area (Å²) in [6, 6.07) is 7.22. The van der Waals surface area contributed by atoms with E-state index >= 15 is 0 Å². The second-order valence-electron chi connectivity index (χ2n) is 2.18. The molecule has 0 saturated carbocycles. The quantitative estimate of drug-likeness (QED) is 0.476. The summed E-state index contributed by atoms with van der Waals surface area (Å²) >= 11 is 5.72. The van der Waals surface area contributed by atoms with E-state index in [1.165, 1.54) is 0 Å². The zero-order chi connectivity index (χ0) is 8.81. The van der Waals surface area contributed by atoms with Crippen molar-refractivity contribution in [3.05, 3.63) is 34.9 Å². The summed E-state index contributed by atoms with van der Waals surface area (Å²) in [5.41, 5.74) is 0.837. The van der Waals surface area contributed by atoms with Crippen LogP contribution in [0.25, 0.3) is 0 Å². The molecule has 0 radical (unpaired) electrons. The van der Waals surface area contributed by atoms with E-state index in [-0.39, 0.29) is 6.42 Å². The molecule has 1 aromatic rings. The molecule has 1 aromatic carbocycles. The van der Waals surface area contributed by atoms with Crippen molar-refractivity contribution >= 4 is 17.9 Å². The predicted molar refractivity (Wildman–Crippen MR) is 49.0 cm³/mol. The predicted octanol–water partition coefficient (Wildman–Crippen LogP) is 2.28. The number of halogens is 1. The monoisotopic (exact) mass is 178 g/mol. The third kappa shape index (κ3) is 2.77. The maximum absolute atomic E-state index is 9.93. The summed E-state index contributed by atoms with van der Waals surface area (Å²) in [6.45, 7) is 0. The van der Waals surface area contributed by atoms with Gasteiger partial charge in [-0.05, 0) is 18.2 Å². The fourth-order valence-corrected chi connectivity index (χ4v) is 0.951. The van der Waals surface area contributed by atoms with E-state index in [4.69, 9.17) is 11.6 Å². The van der Waals surface area contributed by atoms with Gasteiger partial charge < -0.3 is 4.79 Å². The summed E-state index contributed by atoms with van der Waals surface area (Å²) in [5.74, 6) is 5.52. The van der Waals surface area contributed by atoms with Crippen LogP contribution in [0, 0.1) is 11.8 Å². The summed E-state index contributed by atoms with van der Waals surface area (Å²) in [5, 5.41) is 0.660. The van der Waals surface area contributed by atoms with Gasteiger partial charge in [0, 0.05) is 10.6 Å². The highest BCUT2D eigenvalue weighted by atomic mass is 35.5. The lowest BCUT2D eigenvalue weighted by atomic mass is 10.2. The zero-order valence-electron chi connectivity index (χ0n) is 6.38. The Kier molecular flexibility index (Phi) is 3.37. The minimum absolute atomic E-state index is 0.270. The molecule has 0 aliphatic rings. The van der Waals surface area contributed by atoms with Crippen LogP contribution in [0.15, 0.2) is 24.3 Å². The third-order valence-electron chi connectivity index (χ3n) is 1.24. The maximum Gasteiger partial charge on any atom is 0.131 e. The normalized spacial score (nSPS) is 8.42. The fourth-order valence-electron chi connectivity index (χ4n) is 0.761. The molecule has 1 rings (SSSR count). The number of benzene rings is 1. The number of hydrogen-bond acceptors (Lipinski definition) is 1. The summed E-state index contributed by atoms with van der Waals surface area (Å²) < 4.78 is 0. The lowest BCUT2D eigenvalue weighted by Gasteiger charge is -1.89. The smallest absolute Gasteiger partial charge is 0.131 e. The Morgan fingerprint density at radius 2 is 2.33 bits per heavy atom. The van der Waals surface area contributed by atoms with Crippen LogP contribution in [-0.4, -0.2) is 6.29 Å². The largest absolute Gasteiger partial charge is 0.302 e. The third-order valence-corrected chi connectivity index (χ3v) is 1.48. The number of carbonyl (C=O) groups excluding carboxylic acids is 1. The Bertz CT molecular complexity index is 333. The lowest BCUT2D eigenvalue weighted by Crippen LogP contribution is -1.73. The summed E-state index contributed by atoms with van der Waals surface area (Å²) in [6.07, 6.45) is 1.05. The van der Waals surface area contributed by atoms with Crippen molar-refractivity contribution in [2.45, 2.75) is 6.42 Å². The van der Waals surface area contributed by atoms with E-state index in [2.05, 4.69) is 11.8 Å². The van der Waals surface area contributed by atoms with Crippen LogP contribution < -0.4 is 0 Å². The number of hydrogen-bond donors (Lipinski definition) is 0. The van der Waals surface area contributed by atoms with Crippen LogP contribution >= 0.6 is 11.6 Å². The molecule has 0 aliphatic carbocycles. The van der Waals surface area contributed by atoms with Crippen LogP contribution in [-0.2, 0) is 4.79 Å². The van der Waals surface area contributed by atoms with Crippen molar-refractivity contribution in [3.63, 3.8) is 0 Å². The van der Waals surface area contributed by atoms with Gasteiger partial charge in [-0.2, -0.15) is 0 Å². The van der Waals surface area contributed by atoms with E-state index in [0.717, 1.165) is 11.8 Å². The van der Waals surface area contributed by atoms with Crippen LogP contribution in [0.1, 0.15) is 12.0 Å². The van der Waals surface area contributed by atoms with Gasteiger partial charge in [-0.25, -0.2) is 0 Å². The minimum atomic E-state index is 0.270. The van der Waals surface area contributed by atoms with Crippen molar-refractivity contribution in [3.8, 4) is 11.8 Å². The molecule has 0 N–H and O–H groups in total. The highest BCUT2D eigenvalue weighted by molar-refractivity contribution is 6.30. The number of carbonyl (C=O) groups is 1. The van der Waals surface area contributed by atoms with Crippen molar-refractivity contribution in [2.24, 2.45) is 0 Å². The Balaban J connectivity index is 2.77. The fraction of sp³-hybridized carbons (Fsp3) is 0.100. The average Bonchev–Trinajstić information content (AvgIpc) is 2.05. The van der Waals surface area contributed by atoms with Crippen LogP contribution in [0.3, 0.4) is 0 Å². The first-order valence-electron chi connectivity index (χ1n) is 3.51. The molecule has 0 bridgehead atoms. The van der Waals surface area contributed by atoms with Gasteiger partial charge in [0.1, 0.15) is 6.29 Å². The van der Waals surface area contributed by atoms with Crippen LogP contribution in [0.4, 0.5) is 0 Å². The molecule has 0 amide bonds. The average molecular weight is 179 g/mol. The van der Waals surface area contributed by atoms with Crippen molar-refractivity contribution in [2.75, 3.05) is 0 Å². The lowest BCUT2D eigenvalue weighted by molar-refractivity contribution is -0.107. The van der Waals surface area contributed by atoms with Gasteiger partial charge in [0.2, 0.25) is 0 Å². The van der Waals surface area contributed by atoms with E-state index < -0.39 is 0 Å². The van der Waals surface area contributed by atoms with Gasteiger partial charge >= 0.3 is 0 Å². The van der Waals surface area contributed by atoms with E-state index in [1.54, 1.807) is 12.1 Å². The van der Waals surface area contributed by atoms with Gasteiger partial charge in [-0.1, -0.05) is 29.5 Å². The molecule has 0 aliphatic heterocycles. The molecule has 60 valence electrons. The van der Waals surface area contributed by atoms with E-state index in [9.17, 15) is 4.79 Å². The Labute approximate surface area is 76.4 Å². The van der Waals surface area contributed by atoms with Crippen molar-refractivity contribution in [1.29, 1.82) is 0 Å². The molecule has 0 atom stereocenters. The van der Waals surface area contributed by atoms with Gasteiger partial charge in [-0.3, -0.25) is 0 Å². The standard InChI is InChI=1S/C10H7ClO/c11-10-6-3-5-9(8-10)4-1-2-7-12/h3,5-8H,2H2. The van der Waals surface area contributed by atoms with Crippen LogP contribution in [0.2, 0.25) is 5.02 Å². The first-order chi connectivity index (χ1) is 5.83. The highest BCUT2D eigenvalue weighted by Crippen LogP contribution is 2.09. The molecule has 0 saturated heterocycles. The molecule has 1 nitrogen and oxygen atoms in total. The van der Waals surface area contributed by atoms with Gasteiger partial charge in [0.15, 0.2) is 0 Å². The highest BCUT2D eigenvalue weighted by Gasteiger charge is 1.87. The number of aldehydes is 1. The Morgan fingerprint density at radius 1 is 1.50 bits per heavy atom. The zero-order valence-corrected chi connectivity index (χ0v) is 7.14. The van der Waals surface area contributed by atoms with E-state index in [0.29, 0.717) is 5.02 Å². The molecule has 0 fully saturated rings. The topological polar surface area (TPSA) is 17.1 Å². The number of rotatable bonds is 1. The molecule has 2 heteroatoms. The summed E-state index contributed by atoms with van der Waals surface area (Å²) in [4.78, 5) is 9.93. The molecule has 0 aromatic heterocycles. The Morgan fingerprint density at radius 3 is 3.00 bits per heavy atom. The van der Waals surface area contributed by atoms with Gasteiger partial charge in [0.05, 0.1) is 6.42 Å². The molecule has 0 heterocycles. The van der Waals surface area contributed by atoms with E-state index in [1.807, 2.05) is 12.1 Å². The molecule has 0 spiro atoms. The SMILES string of the molecule is O=CCC#Cc1cccc(Cl)c1. The first kappa shape index (κ1) is 8.83. The molecule has 12 heavy (non-hydrogen) atoms.